The highest BCUT2D eigenvalue weighted by Crippen LogP contribution is 2.36. The summed E-state index contributed by atoms with van der Waals surface area (Å²) < 4.78 is 38.3. The molecule has 0 bridgehead atoms. The fraction of sp³-hybridized carbons (Fsp3) is 0.222. The molecule has 0 saturated carbocycles. The molecular weight excluding hydrogens is 318 g/mol. The van der Waals surface area contributed by atoms with E-state index in [2.05, 4.69) is 4.74 Å². The van der Waals surface area contributed by atoms with Crippen molar-refractivity contribution in [3.05, 3.63) is 71.8 Å². The monoisotopic (exact) mass is 334 g/mol. The molecule has 0 aliphatic heterocycles. The minimum atomic E-state index is -4.01. The van der Waals surface area contributed by atoms with E-state index in [9.17, 15) is 18.4 Å². The van der Waals surface area contributed by atoms with E-state index >= 15 is 0 Å². The molecule has 1 atom stereocenters. The fourth-order valence-corrected chi connectivity index (χ4v) is 2.06. The average Bonchev–Trinajstić information content (AvgIpc) is 2.61. The first kappa shape index (κ1) is 17.6. The van der Waals surface area contributed by atoms with Gasteiger partial charge in [-0.25, -0.2) is 9.59 Å². The van der Waals surface area contributed by atoms with Crippen molar-refractivity contribution in [3.63, 3.8) is 0 Å². The Balaban J connectivity index is 2.34. The molecular formula is C18H16F2O4. The number of carbonyl (C=O) groups is 2. The molecule has 6 heteroatoms. The van der Waals surface area contributed by atoms with Gasteiger partial charge in [0, 0.05) is 0 Å². The van der Waals surface area contributed by atoms with Gasteiger partial charge in [0.25, 0.3) is 0 Å². The van der Waals surface area contributed by atoms with Crippen LogP contribution in [0.3, 0.4) is 0 Å². The summed E-state index contributed by atoms with van der Waals surface area (Å²) in [6.07, 6.45) is -2.08. The van der Waals surface area contributed by atoms with Crippen LogP contribution in [0.4, 0.5) is 8.78 Å². The molecule has 0 fully saturated rings. The zero-order valence-corrected chi connectivity index (χ0v) is 12.9. The van der Waals surface area contributed by atoms with E-state index in [-0.39, 0.29) is 17.7 Å². The molecule has 126 valence electrons. The molecule has 2 aromatic rings. The molecule has 0 saturated heterocycles. The maximum atomic E-state index is 14.5. The normalized spacial score (nSPS) is 12.3. The molecule has 0 aromatic heterocycles. The number of hydrogen-bond donors (Lipinski definition) is 0. The summed E-state index contributed by atoms with van der Waals surface area (Å²) in [6, 6.07) is 15.1. The average molecular weight is 334 g/mol. The lowest BCUT2D eigenvalue weighted by molar-refractivity contribution is -0.189. The predicted octanol–water partition coefficient (Wildman–Crippen LogP) is 3.78. The van der Waals surface area contributed by atoms with Crippen LogP contribution in [0.15, 0.2) is 60.7 Å². The number of benzene rings is 2. The largest absolute Gasteiger partial charge is 0.461 e. The Labute approximate surface area is 138 Å². The maximum absolute atomic E-state index is 14.5. The van der Waals surface area contributed by atoms with E-state index in [0.717, 1.165) is 0 Å². The van der Waals surface area contributed by atoms with Gasteiger partial charge in [0.05, 0.1) is 12.2 Å². The van der Waals surface area contributed by atoms with Crippen molar-refractivity contribution in [2.75, 3.05) is 6.61 Å². The summed E-state index contributed by atoms with van der Waals surface area (Å²) >= 11 is 0. The molecule has 0 spiro atoms. The van der Waals surface area contributed by atoms with E-state index in [1.165, 1.54) is 43.3 Å². The Morgan fingerprint density at radius 3 is 2.08 bits per heavy atom. The lowest BCUT2D eigenvalue weighted by atomic mass is 10.0. The number of halogens is 2. The minimum Gasteiger partial charge on any atom is -0.461 e. The summed E-state index contributed by atoms with van der Waals surface area (Å²) in [5.41, 5.74) is 0.109. The molecule has 0 N–H and O–H groups in total. The number of hydrogen-bond acceptors (Lipinski definition) is 4. The number of carbonyl (C=O) groups excluding carboxylic acids is 2. The van der Waals surface area contributed by atoms with Gasteiger partial charge in [-0.3, -0.25) is 0 Å². The fourth-order valence-electron chi connectivity index (χ4n) is 2.06. The molecule has 2 aromatic carbocycles. The second-order valence-corrected chi connectivity index (χ2v) is 4.91. The van der Waals surface area contributed by atoms with E-state index in [4.69, 9.17) is 4.74 Å². The smallest absolute Gasteiger partial charge is 0.382 e. The van der Waals surface area contributed by atoms with Crippen LogP contribution < -0.4 is 0 Å². The van der Waals surface area contributed by atoms with Crippen molar-refractivity contribution in [1.29, 1.82) is 0 Å². The van der Waals surface area contributed by atoms with Crippen LogP contribution in [0, 0.1) is 0 Å². The van der Waals surface area contributed by atoms with Crippen LogP contribution >= 0.6 is 0 Å². The van der Waals surface area contributed by atoms with Crippen LogP contribution in [0.1, 0.15) is 28.9 Å². The first-order valence-electron chi connectivity index (χ1n) is 7.32. The first-order valence-corrected chi connectivity index (χ1v) is 7.32. The van der Waals surface area contributed by atoms with Crippen LogP contribution in [-0.4, -0.2) is 24.5 Å². The molecule has 0 heterocycles. The predicted molar refractivity (Wildman–Crippen MR) is 82.6 cm³/mol. The molecule has 0 aliphatic rings. The Bertz CT molecular complexity index is 687. The van der Waals surface area contributed by atoms with E-state index in [1.54, 1.807) is 24.3 Å². The third kappa shape index (κ3) is 3.95. The Morgan fingerprint density at radius 2 is 1.54 bits per heavy atom. The lowest BCUT2D eigenvalue weighted by Crippen LogP contribution is -2.39. The summed E-state index contributed by atoms with van der Waals surface area (Å²) in [6.45, 7) is 1.21. The molecule has 0 aliphatic carbocycles. The minimum absolute atomic E-state index is 0.000154. The van der Waals surface area contributed by atoms with Gasteiger partial charge >= 0.3 is 17.9 Å². The molecule has 2 rings (SSSR count). The van der Waals surface area contributed by atoms with Crippen LogP contribution in [0.25, 0.3) is 0 Å². The van der Waals surface area contributed by atoms with Crippen molar-refractivity contribution in [1.82, 2.24) is 0 Å². The number of ether oxygens (including phenoxy) is 2. The summed E-state index contributed by atoms with van der Waals surface area (Å²) in [5, 5.41) is 0. The van der Waals surface area contributed by atoms with Gasteiger partial charge in [-0.2, -0.15) is 8.78 Å². The van der Waals surface area contributed by atoms with Gasteiger partial charge in [-0.1, -0.05) is 48.5 Å². The Morgan fingerprint density at radius 1 is 1.00 bits per heavy atom. The zero-order chi connectivity index (χ0) is 17.6. The van der Waals surface area contributed by atoms with Crippen molar-refractivity contribution in [2.24, 2.45) is 0 Å². The van der Waals surface area contributed by atoms with Crippen LogP contribution in [0.2, 0.25) is 0 Å². The summed E-state index contributed by atoms with van der Waals surface area (Å²) in [4.78, 5) is 23.8. The highest BCUT2D eigenvalue weighted by molar-refractivity contribution is 5.90. The Hall–Kier alpha value is -2.76. The van der Waals surface area contributed by atoms with E-state index in [1.807, 2.05) is 0 Å². The maximum Gasteiger partial charge on any atom is 0.382 e. The summed E-state index contributed by atoms with van der Waals surface area (Å²) in [5.74, 6) is -6.70. The van der Waals surface area contributed by atoms with Crippen molar-refractivity contribution in [3.8, 4) is 0 Å². The highest BCUT2D eigenvalue weighted by atomic mass is 19.3. The summed E-state index contributed by atoms with van der Waals surface area (Å²) in [7, 11) is 0. The van der Waals surface area contributed by atoms with Crippen molar-refractivity contribution >= 4 is 11.9 Å². The topological polar surface area (TPSA) is 52.6 Å². The van der Waals surface area contributed by atoms with Gasteiger partial charge in [-0.15, -0.1) is 0 Å². The van der Waals surface area contributed by atoms with Crippen molar-refractivity contribution < 1.29 is 27.8 Å². The zero-order valence-electron chi connectivity index (χ0n) is 12.9. The molecule has 4 nitrogen and oxygen atoms in total. The number of alkyl halides is 2. The van der Waals surface area contributed by atoms with Crippen molar-refractivity contribution in [2.45, 2.75) is 19.0 Å². The van der Waals surface area contributed by atoms with Crippen LogP contribution in [0.5, 0.6) is 0 Å². The number of esters is 2. The third-order valence-corrected chi connectivity index (χ3v) is 3.21. The second-order valence-electron chi connectivity index (χ2n) is 4.91. The quantitative estimate of drug-likeness (QED) is 0.755. The first-order chi connectivity index (χ1) is 11.5. The SMILES string of the molecule is CCOC(=O)C(F)(F)C(OC(=O)c1ccccc1)c1ccccc1. The van der Waals surface area contributed by atoms with E-state index < -0.39 is 24.0 Å². The van der Waals surface area contributed by atoms with Crippen LogP contribution in [-0.2, 0) is 14.3 Å². The third-order valence-electron chi connectivity index (χ3n) is 3.21. The molecule has 0 radical (unpaired) electrons. The molecule has 1 unspecified atom stereocenters. The standard InChI is InChI=1S/C18H16F2O4/c1-2-23-17(22)18(19,20)15(13-9-5-3-6-10-13)24-16(21)14-11-7-4-8-12-14/h3-12,15H,2H2,1H3. The van der Waals surface area contributed by atoms with Gasteiger partial charge in [0.15, 0.2) is 0 Å². The molecule has 24 heavy (non-hydrogen) atoms. The highest BCUT2D eigenvalue weighted by Gasteiger charge is 2.52. The van der Waals surface area contributed by atoms with Gasteiger partial charge < -0.3 is 9.47 Å². The Kier molecular flexibility index (Phi) is 5.63. The van der Waals surface area contributed by atoms with Gasteiger partial charge in [0.2, 0.25) is 6.10 Å². The number of rotatable bonds is 6. The molecule has 0 amide bonds. The lowest BCUT2D eigenvalue weighted by Gasteiger charge is -2.25. The van der Waals surface area contributed by atoms with Gasteiger partial charge in [-0.05, 0) is 24.6 Å². The van der Waals surface area contributed by atoms with E-state index in [0.29, 0.717) is 0 Å². The van der Waals surface area contributed by atoms with Gasteiger partial charge in [0.1, 0.15) is 0 Å². The second kappa shape index (κ2) is 7.68.